The first kappa shape index (κ1) is 20.4. The highest BCUT2D eigenvalue weighted by Crippen LogP contribution is 2.19. The lowest BCUT2D eigenvalue weighted by Gasteiger charge is -2.32. The number of carboxylic acids is 1. The highest BCUT2D eigenvalue weighted by atomic mass is 32.2. The van der Waals surface area contributed by atoms with Gasteiger partial charge in [0, 0.05) is 0 Å². The van der Waals surface area contributed by atoms with Crippen molar-refractivity contribution >= 4 is 16.1 Å². The van der Waals surface area contributed by atoms with Gasteiger partial charge in [0.2, 0.25) is 5.79 Å². The molecular formula is C13H18O10S. The summed E-state index contributed by atoms with van der Waals surface area (Å²) in [5.41, 5.74) is 0.782. The van der Waals surface area contributed by atoms with Crippen LogP contribution >= 0.6 is 0 Å². The van der Waals surface area contributed by atoms with Crippen LogP contribution in [0.3, 0.4) is 0 Å². The fourth-order valence-electron chi connectivity index (χ4n) is 1.61. The highest BCUT2D eigenvalue weighted by Gasteiger charge is 2.47. The number of aryl methyl sites for hydroxylation is 1. The Bertz CT molecular complexity index is 666. The summed E-state index contributed by atoms with van der Waals surface area (Å²) >= 11 is 0. The van der Waals surface area contributed by atoms with Gasteiger partial charge in [0.1, 0.15) is 12.2 Å². The van der Waals surface area contributed by atoms with Crippen molar-refractivity contribution in [1.82, 2.24) is 0 Å². The first-order chi connectivity index (χ1) is 10.9. The third kappa shape index (κ3) is 4.70. The molecule has 0 spiro atoms. The number of aliphatic hydroxyl groups excluding tert-OH is 3. The van der Waals surface area contributed by atoms with E-state index < -0.39 is 46.8 Å². The molecule has 0 fully saturated rings. The summed E-state index contributed by atoms with van der Waals surface area (Å²) in [5.74, 6) is -5.50. The summed E-state index contributed by atoms with van der Waals surface area (Å²) in [6, 6.07) is 5.43. The maximum atomic E-state index is 11.9. The van der Waals surface area contributed by atoms with E-state index in [1.807, 2.05) is 0 Å². The van der Waals surface area contributed by atoms with Crippen molar-refractivity contribution in [1.29, 1.82) is 0 Å². The van der Waals surface area contributed by atoms with Gasteiger partial charge in [-0.05, 0) is 19.1 Å². The Balaban J connectivity index is 2.81. The maximum Gasteiger partial charge on any atom is 0.335 e. The van der Waals surface area contributed by atoms with Crippen LogP contribution in [0.4, 0.5) is 0 Å². The predicted molar refractivity (Wildman–Crippen MR) is 77.1 cm³/mol. The minimum absolute atomic E-state index is 0.257. The summed E-state index contributed by atoms with van der Waals surface area (Å²) in [7, 11) is -4.34. The van der Waals surface area contributed by atoms with Gasteiger partial charge in [0.15, 0.2) is 6.10 Å². The smallest absolute Gasteiger partial charge is 0.335 e. The standard InChI is InChI=1S/C13H18O10S/c1-7-2-4-8(5-3-7)24(21,22)23-6-9(14)13(19,20)11(16)10(15)12(17)18/h2-5,9-11,14-16,19-20H,6H2,1H3,(H,17,18)/t9-,10-,11+/m1/s1. The van der Waals surface area contributed by atoms with Gasteiger partial charge < -0.3 is 30.6 Å². The van der Waals surface area contributed by atoms with Gasteiger partial charge in [0.05, 0.1) is 11.5 Å². The average molecular weight is 366 g/mol. The first-order valence-electron chi connectivity index (χ1n) is 6.57. The molecule has 0 unspecified atom stereocenters. The summed E-state index contributed by atoms with van der Waals surface area (Å²) in [6.45, 7) is 0.522. The molecule has 136 valence electrons. The zero-order chi connectivity index (χ0) is 18.7. The van der Waals surface area contributed by atoms with Crippen molar-refractivity contribution in [3.8, 4) is 0 Å². The number of hydrogen-bond acceptors (Lipinski definition) is 9. The van der Waals surface area contributed by atoms with Gasteiger partial charge in [-0.3, -0.25) is 4.18 Å². The van der Waals surface area contributed by atoms with Crippen LogP contribution in [0.5, 0.6) is 0 Å². The van der Waals surface area contributed by atoms with Gasteiger partial charge in [-0.1, -0.05) is 17.7 Å². The molecule has 6 N–H and O–H groups in total. The number of carboxylic acid groups (broad SMARTS) is 1. The van der Waals surface area contributed by atoms with E-state index in [4.69, 9.17) is 10.2 Å². The highest BCUT2D eigenvalue weighted by molar-refractivity contribution is 7.86. The van der Waals surface area contributed by atoms with E-state index in [0.717, 1.165) is 5.56 Å². The molecule has 0 amide bonds. The molecule has 0 heterocycles. The molecule has 0 bridgehead atoms. The summed E-state index contributed by atoms with van der Waals surface area (Å²) < 4.78 is 28.2. The molecule has 1 rings (SSSR count). The van der Waals surface area contributed by atoms with Gasteiger partial charge in [-0.25, -0.2) is 4.79 Å². The molecule has 1 aromatic rings. The topological polar surface area (TPSA) is 182 Å². The lowest BCUT2D eigenvalue weighted by molar-refractivity contribution is -0.293. The number of hydrogen-bond donors (Lipinski definition) is 6. The van der Waals surface area contributed by atoms with Gasteiger partial charge in [0.25, 0.3) is 10.1 Å². The zero-order valence-electron chi connectivity index (χ0n) is 12.5. The van der Waals surface area contributed by atoms with E-state index >= 15 is 0 Å². The Morgan fingerprint density at radius 2 is 1.67 bits per heavy atom. The van der Waals surface area contributed by atoms with E-state index in [1.54, 1.807) is 6.92 Å². The number of aliphatic hydroxyl groups is 5. The normalized spacial score (nSPS) is 16.4. The summed E-state index contributed by atoms with van der Waals surface area (Å²) in [6.07, 6.45) is -7.76. The van der Waals surface area contributed by atoms with Crippen LogP contribution in [-0.4, -0.2) is 75.7 Å². The van der Waals surface area contributed by atoms with Gasteiger partial charge >= 0.3 is 5.97 Å². The molecule has 0 radical (unpaired) electrons. The van der Waals surface area contributed by atoms with E-state index in [9.17, 15) is 33.6 Å². The minimum atomic E-state index is -4.34. The van der Waals surface area contributed by atoms with Crippen LogP contribution in [0, 0.1) is 6.92 Å². The molecular weight excluding hydrogens is 348 g/mol. The third-order valence-electron chi connectivity index (χ3n) is 3.17. The predicted octanol–water partition coefficient (Wildman–Crippen LogP) is -2.45. The Labute approximate surface area is 137 Å². The second-order valence-electron chi connectivity index (χ2n) is 5.08. The molecule has 1 aromatic carbocycles. The number of carbonyl (C=O) groups is 1. The van der Waals surface area contributed by atoms with E-state index in [0.29, 0.717) is 0 Å². The number of benzene rings is 1. The lowest BCUT2D eigenvalue weighted by atomic mass is 9.99. The molecule has 0 aromatic heterocycles. The van der Waals surface area contributed by atoms with Crippen LogP contribution < -0.4 is 0 Å². The van der Waals surface area contributed by atoms with Crippen molar-refractivity contribution in [3.63, 3.8) is 0 Å². The van der Waals surface area contributed by atoms with Crippen LogP contribution in [0.25, 0.3) is 0 Å². The zero-order valence-corrected chi connectivity index (χ0v) is 13.3. The third-order valence-corrected chi connectivity index (χ3v) is 4.46. The van der Waals surface area contributed by atoms with Crippen LogP contribution in [-0.2, 0) is 19.1 Å². The minimum Gasteiger partial charge on any atom is -0.479 e. The van der Waals surface area contributed by atoms with Crippen molar-refractivity contribution in [3.05, 3.63) is 29.8 Å². The van der Waals surface area contributed by atoms with Crippen molar-refractivity contribution in [2.24, 2.45) is 0 Å². The largest absolute Gasteiger partial charge is 0.479 e. The Hall–Kier alpha value is -1.60. The number of aliphatic carboxylic acids is 1. The molecule has 11 heteroatoms. The Kier molecular flexibility index (Phi) is 6.41. The van der Waals surface area contributed by atoms with Crippen molar-refractivity contribution < 1.29 is 48.0 Å². The van der Waals surface area contributed by atoms with Crippen LogP contribution in [0.1, 0.15) is 5.56 Å². The Morgan fingerprint density at radius 3 is 2.12 bits per heavy atom. The monoisotopic (exact) mass is 366 g/mol. The molecule has 24 heavy (non-hydrogen) atoms. The average Bonchev–Trinajstić information content (AvgIpc) is 2.51. The van der Waals surface area contributed by atoms with Crippen molar-refractivity contribution in [2.75, 3.05) is 6.61 Å². The fraction of sp³-hybridized carbons (Fsp3) is 0.462. The second-order valence-corrected chi connectivity index (χ2v) is 6.69. The molecule has 10 nitrogen and oxygen atoms in total. The van der Waals surface area contributed by atoms with Crippen molar-refractivity contribution in [2.45, 2.75) is 35.9 Å². The summed E-state index contributed by atoms with van der Waals surface area (Å²) in [4.78, 5) is 10.2. The molecule has 0 aliphatic rings. The van der Waals surface area contributed by atoms with E-state index in [-0.39, 0.29) is 4.90 Å². The van der Waals surface area contributed by atoms with E-state index in [1.165, 1.54) is 24.3 Å². The SMILES string of the molecule is Cc1ccc(S(=O)(=O)OC[C@@H](O)C(O)(O)[C@@H](O)[C@@H](O)C(=O)O)cc1. The molecule has 0 saturated carbocycles. The van der Waals surface area contributed by atoms with E-state index in [2.05, 4.69) is 4.18 Å². The Morgan fingerprint density at radius 1 is 1.17 bits per heavy atom. The molecule has 0 aliphatic carbocycles. The fourth-order valence-corrected chi connectivity index (χ4v) is 2.53. The van der Waals surface area contributed by atoms with Crippen LogP contribution in [0.2, 0.25) is 0 Å². The maximum absolute atomic E-state index is 11.9. The van der Waals surface area contributed by atoms with Gasteiger partial charge in [-0.15, -0.1) is 0 Å². The van der Waals surface area contributed by atoms with Crippen LogP contribution in [0.15, 0.2) is 29.2 Å². The first-order valence-corrected chi connectivity index (χ1v) is 7.98. The molecule has 3 atom stereocenters. The quantitative estimate of drug-likeness (QED) is 0.213. The number of rotatable bonds is 8. The lowest BCUT2D eigenvalue weighted by Crippen LogP contribution is -2.59. The van der Waals surface area contributed by atoms with Gasteiger partial charge in [-0.2, -0.15) is 8.42 Å². The molecule has 0 aliphatic heterocycles. The summed E-state index contributed by atoms with van der Waals surface area (Å²) in [5, 5.41) is 55.6. The second kappa shape index (κ2) is 7.53. The molecule has 0 saturated heterocycles.